The molecule has 250 valence electrons. The number of amides is 2. The van der Waals surface area contributed by atoms with Crippen molar-refractivity contribution < 1.29 is 43.1 Å². The van der Waals surface area contributed by atoms with E-state index in [4.69, 9.17) is 14.3 Å². The van der Waals surface area contributed by atoms with Crippen LogP contribution in [0.1, 0.15) is 50.9 Å². The molecule has 47 heavy (non-hydrogen) atoms. The van der Waals surface area contributed by atoms with Crippen LogP contribution in [0.4, 0.5) is 0 Å². The quantitative estimate of drug-likeness (QED) is 0.173. The Morgan fingerprint density at radius 3 is 2.36 bits per heavy atom. The number of ketones is 3. The molecular weight excluding hydrogens is 606 g/mol. The standard InChI is InChI=1S/C35H41N3O9/c1-20-15-25-31(37-35(44)24-12-8-7-9-13-24)27(40)18-26(33(25)42)36-34(43)21(2)11-10-14-28(45-5)30(38-47-19-39)22(3)17-23(4)32(41)29(16-20)46-6/h7-14,17-20,23,28-30,38H,15-16H2,1-6H3,(H,36,43)(H,37,44)/b14-10-,21-11+,22-17+/t20-,23+,28+,29+,30+/m1/s1. The first-order valence-electron chi connectivity index (χ1n) is 15.1. The third kappa shape index (κ3) is 9.61. The number of fused-ring (bicyclic) bond motifs is 2. The number of ether oxygens (including phenoxy) is 2. The predicted octanol–water partition coefficient (Wildman–Crippen LogP) is 2.98. The molecule has 5 atom stereocenters. The summed E-state index contributed by atoms with van der Waals surface area (Å²) in [6.45, 7) is 7.02. The number of benzene rings is 1. The van der Waals surface area contributed by atoms with Gasteiger partial charge in [0.15, 0.2) is 5.78 Å². The van der Waals surface area contributed by atoms with Crippen LogP contribution in [0.5, 0.6) is 0 Å². The van der Waals surface area contributed by atoms with Crippen molar-refractivity contribution in [2.45, 2.75) is 58.8 Å². The third-order valence-electron chi connectivity index (χ3n) is 7.94. The number of hydrogen-bond acceptors (Lipinski definition) is 10. The molecule has 2 bridgehead atoms. The molecule has 3 N–H and O–H groups in total. The zero-order valence-electron chi connectivity index (χ0n) is 27.3. The zero-order valence-corrected chi connectivity index (χ0v) is 27.3. The van der Waals surface area contributed by atoms with Crippen molar-refractivity contribution in [1.82, 2.24) is 16.1 Å². The fourth-order valence-corrected chi connectivity index (χ4v) is 5.34. The van der Waals surface area contributed by atoms with Gasteiger partial charge in [0, 0.05) is 42.9 Å². The minimum atomic E-state index is -0.874. The highest BCUT2D eigenvalue weighted by Gasteiger charge is 2.34. The van der Waals surface area contributed by atoms with Gasteiger partial charge in [-0.1, -0.05) is 61.9 Å². The van der Waals surface area contributed by atoms with Crippen LogP contribution in [0.3, 0.4) is 0 Å². The second kappa shape index (κ2) is 17.2. The summed E-state index contributed by atoms with van der Waals surface area (Å²) in [5, 5.41) is 5.12. The molecule has 1 aromatic carbocycles. The van der Waals surface area contributed by atoms with E-state index < -0.39 is 47.5 Å². The summed E-state index contributed by atoms with van der Waals surface area (Å²) in [5.74, 6) is -3.75. The Balaban J connectivity index is 2.08. The molecule has 12 heteroatoms. The van der Waals surface area contributed by atoms with E-state index in [1.54, 1.807) is 69.3 Å². The summed E-state index contributed by atoms with van der Waals surface area (Å²) in [5.41, 5.74) is 3.33. The van der Waals surface area contributed by atoms with Crippen LogP contribution in [0.25, 0.3) is 0 Å². The first-order chi connectivity index (χ1) is 22.4. The maximum Gasteiger partial charge on any atom is 0.312 e. The van der Waals surface area contributed by atoms with Gasteiger partial charge in [0.2, 0.25) is 11.6 Å². The molecule has 0 radical (unpaired) electrons. The Morgan fingerprint density at radius 2 is 1.72 bits per heavy atom. The highest BCUT2D eigenvalue weighted by molar-refractivity contribution is 6.24. The molecule has 3 rings (SSSR count). The lowest BCUT2D eigenvalue weighted by Crippen LogP contribution is -2.41. The lowest BCUT2D eigenvalue weighted by Gasteiger charge is -2.26. The molecule has 1 heterocycles. The van der Waals surface area contributed by atoms with Gasteiger partial charge >= 0.3 is 6.47 Å². The Bertz CT molecular complexity index is 1540. The van der Waals surface area contributed by atoms with Gasteiger partial charge in [0.25, 0.3) is 11.8 Å². The smallest absolute Gasteiger partial charge is 0.312 e. The van der Waals surface area contributed by atoms with Crippen molar-refractivity contribution in [2.24, 2.45) is 11.8 Å². The number of methoxy groups -OCH3 is 2. The lowest BCUT2D eigenvalue weighted by atomic mass is 9.85. The van der Waals surface area contributed by atoms with Crippen LogP contribution in [0.2, 0.25) is 0 Å². The molecule has 2 aliphatic rings. The van der Waals surface area contributed by atoms with E-state index in [0.717, 1.165) is 6.08 Å². The van der Waals surface area contributed by atoms with Crippen molar-refractivity contribution in [3.63, 3.8) is 0 Å². The van der Waals surface area contributed by atoms with Gasteiger partial charge in [0.05, 0.1) is 23.5 Å². The number of carbonyl (C=O) groups is 6. The Hall–Kier alpha value is -4.78. The highest BCUT2D eigenvalue weighted by atomic mass is 16.7. The fraction of sp³-hybridized carbons (Fsp3) is 0.371. The van der Waals surface area contributed by atoms with Gasteiger partial charge in [-0.05, 0) is 44.7 Å². The molecule has 1 aliphatic heterocycles. The largest absolute Gasteiger partial charge is 0.375 e. The van der Waals surface area contributed by atoms with Crippen LogP contribution in [0, 0.1) is 11.8 Å². The van der Waals surface area contributed by atoms with Gasteiger partial charge in [0.1, 0.15) is 6.10 Å². The van der Waals surface area contributed by atoms with Crippen molar-refractivity contribution >= 4 is 35.6 Å². The third-order valence-corrected chi connectivity index (χ3v) is 7.94. The summed E-state index contributed by atoms with van der Waals surface area (Å²) >= 11 is 0. The Kier molecular flexibility index (Phi) is 13.4. The SMILES string of the molecule is CO[C@H]1C[C@H](C)CC2=C(NC(=O)c3ccccc3)C(=O)C=C(NC(=O)/C(C)=C/C=C\[C@H](OC)[C@@H](NOC=O)/C(C)=C/[C@H](C)C1=O)C2=O. The van der Waals surface area contributed by atoms with Crippen LogP contribution in [-0.4, -0.2) is 68.1 Å². The maximum absolute atomic E-state index is 13.8. The minimum absolute atomic E-state index is 0.000676. The normalized spacial score (nSPS) is 27.9. The average molecular weight is 648 g/mol. The first kappa shape index (κ1) is 36.7. The Morgan fingerprint density at radius 1 is 1.02 bits per heavy atom. The molecule has 0 unspecified atom stereocenters. The van der Waals surface area contributed by atoms with E-state index in [9.17, 15) is 28.8 Å². The molecule has 1 aliphatic carbocycles. The topological polar surface area (TPSA) is 166 Å². The average Bonchev–Trinajstić information content (AvgIpc) is 3.05. The van der Waals surface area contributed by atoms with E-state index in [0.29, 0.717) is 5.57 Å². The summed E-state index contributed by atoms with van der Waals surface area (Å²) < 4.78 is 11.2. The number of rotatable bonds is 7. The molecule has 0 aromatic heterocycles. The molecule has 0 saturated carbocycles. The predicted molar refractivity (Wildman–Crippen MR) is 172 cm³/mol. The van der Waals surface area contributed by atoms with Crippen molar-refractivity contribution in [2.75, 3.05) is 14.2 Å². The highest BCUT2D eigenvalue weighted by Crippen LogP contribution is 2.28. The second-order valence-corrected chi connectivity index (χ2v) is 11.5. The minimum Gasteiger partial charge on any atom is -0.375 e. The molecular formula is C35H41N3O9. The molecule has 12 nitrogen and oxygen atoms in total. The van der Waals surface area contributed by atoms with Crippen LogP contribution < -0.4 is 16.1 Å². The number of hydroxylamine groups is 1. The van der Waals surface area contributed by atoms with E-state index in [1.165, 1.54) is 27.2 Å². The van der Waals surface area contributed by atoms with E-state index >= 15 is 0 Å². The van der Waals surface area contributed by atoms with Gasteiger partial charge in [-0.25, -0.2) is 0 Å². The summed E-state index contributed by atoms with van der Waals surface area (Å²) in [4.78, 5) is 82.7. The molecule has 1 aromatic rings. The maximum atomic E-state index is 13.8. The first-order valence-corrected chi connectivity index (χ1v) is 15.1. The van der Waals surface area contributed by atoms with E-state index in [2.05, 4.69) is 16.1 Å². The summed E-state index contributed by atoms with van der Waals surface area (Å²) in [6, 6.07) is 7.54. The molecule has 2 amide bonds. The summed E-state index contributed by atoms with van der Waals surface area (Å²) in [7, 11) is 2.86. The second-order valence-electron chi connectivity index (χ2n) is 11.5. The van der Waals surface area contributed by atoms with Gasteiger partial charge < -0.3 is 24.9 Å². The van der Waals surface area contributed by atoms with Gasteiger partial charge in [-0.2, -0.15) is 0 Å². The Labute approximate surface area is 273 Å². The van der Waals surface area contributed by atoms with Crippen LogP contribution >= 0.6 is 0 Å². The number of carbonyl (C=O) groups excluding carboxylic acids is 6. The van der Waals surface area contributed by atoms with Crippen molar-refractivity contribution in [3.8, 4) is 0 Å². The van der Waals surface area contributed by atoms with E-state index in [1.807, 2.05) is 0 Å². The number of Topliss-reactive ketones (excluding diaryl/α,β-unsaturated/α-hetero) is 2. The summed E-state index contributed by atoms with van der Waals surface area (Å²) in [6.07, 6.45) is 5.99. The molecule has 0 fully saturated rings. The van der Waals surface area contributed by atoms with Crippen molar-refractivity contribution in [3.05, 3.63) is 94.4 Å². The van der Waals surface area contributed by atoms with Crippen LogP contribution in [-0.2, 0) is 38.3 Å². The number of allylic oxidation sites excluding steroid dienone is 5. The monoisotopic (exact) mass is 647 g/mol. The molecule has 0 saturated heterocycles. The number of hydrogen-bond donors (Lipinski definition) is 3. The van der Waals surface area contributed by atoms with Crippen LogP contribution in [0.15, 0.2) is 88.8 Å². The van der Waals surface area contributed by atoms with Gasteiger partial charge in [-0.15, -0.1) is 5.48 Å². The van der Waals surface area contributed by atoms with Gasteiger partial charge in [-0.3, -0.25) is 28.8 Å². The fourth-order valence-electron chi connectivity index (χ4n) is 5.34. The zero-order chi connectivity index (χ0) is 34.7. The van der Waals surface area contributed by atoms with E-state index in [-0.39, 0.29) is 59.1 Å². The van der Waals surface area contributed by atoms with Crippen molar-refractivity contribution in [1.29, 1.82) is 0 Å². The molecule has 0 spiro atoms. The lowest BCUT2D eigenvalue weighted by molar-refractivity contribution is -0.138. The number of nitrogens with one attached hydrogen (secondary N) is 3.